The average molecular weight is 303 g/mol. The molecule has 0 aromatic carbocycles. The van der Waals surface area contributed by atoms with Gasteiger partial charge in [0.15, 0.2) is 0 Å². The fourth-order valence-corrected chi connectivity index (χ4v) is 3.86. The summed E-state index contributed by atoms with van der Waals surface area (Å²) in [4.78, 5) is 6.30. The molecule has 1 N–H and O–H groups in total. The zero-order valence-corrected chi connectivity index (χ0v) is 11.9. The van der Waals surface area contributed by atoms with Crippen LogP contribution in [-0.4, -0.2) is 36.4 Å². The lowest BCUT2D eigenvalue weighted by atomic mass is 10.1. The van der Waals surface area contributed by atoms with Crippen molar-refractivity contribution in [3.05, 3.63) is 23.4 Å². The first-order valence-corrected chi connectivity index (χ1v) is 7.68. The number of aromatic nitrogens is 1. The van der Waals surface area contributed by atoms with Crippen LogP contribution in [0.3, 0.4) is 0 Å². The van der Waals surface area contributed by atoms with Gasteiger partial charge in [0, 0.05) is 42.4 Å². The minimum absolute atomic E-state index is 0.0328. The van der Waals surface area contributed by atoms with Gasteiger partial charge in [-0.2, -0.15) is 24.9 Å². The summed E-state index contributed by atoms with van der Waals surface area (Å²) in [7, 11) is 0. The van der Waals surface area contributed by atoms with Gasteiger partial charge in [0.1, 0.15) is 5.82 Å². The molecule has 3 heterocycles. The Kier molecular flexibility index (Phi) is 3.58. The number of anilines is 1. The van der Waals surface area contributed by atoms with E-state index in [0.717, 1.165) is 37.4 Å². The Balaban J connectivity index is 2.04. The molecule has 2 aliphatic rings. The molecule has 3 nitrogen and oxygen atoms in total. The highest BCUT2D eigenvalue weighted by Crippen LogP contribution is 2.41. The second kappa shape index (κ2) is 5.11. The Hall–Kier alpha value is -0.950. The lowest BCUT2D eigenvalue weighted by Gasteiger charge is -2.36. The maximum Gasteiger partial charge on any atom is 0.417 e. The summed E-state index contributed by atoms with van der Waals surface area (Å²) in [6.07, 6.45) is -3.37. The van der Waals surface area contributed by atoms with Gasteiger partial charge in [-0.05, 0) is 13.0 Å². The molecular weight excluding hydrogens is 287 g/mol. The molecule has 1 fully saturated rings. The second-order valence-electron chi connectivity index (χ2n) is 5.16. The fourth-order valence-electron chi connectivity index (χ4n) is 2.70. The van der Waals surface area contributed by atoms with Crippen LogP contribution in [0.5, 0.6) is 0 Å². The van der Waals surface area contributed by atoms with Crippen molar-refractivity contribution in [1.29, 1.82) is 0 Å². The standard InChI is InChI=1S/C13H16F3N3S/c1-8-11-4-9(13(14,15)16)5-18-12(11)19-3-2-17-6-10(19)7-20-8/h4-5,8,10,17H,2-3,6-7H2,1H3/t8?,10-/m1/s1. The number of thioether (sulfide) groups is 1. The van der Waals surface area contributed by atoms with Crippen LogP contribution < -0.4 is 10.2 Å². The van der Waals surface area contributed by atoms with Crippen molar-refractivity contribution in [3.63, 3.8) is 0 Å². The minimum atomic E-state index is -4.33. The van der Waals surface area contributed by atoms with Crippen LogP contribution in [0, 0.1) is 0 Å². The van der Waals surface area contributed by atoms with Crippen molar-refractivity contribution >= 4 is 17.6 Å². The number of nitrogens with one attached hydrogen (secondary N) is 1. The van der Waals surface area contributed by atoms with E-state index in [1.807, 2.05) is 6.92 Å². The third-order valence-electron chi connectivity index (χ3n) is 3.82. The van der Waals surface area contributed by atoms with E-state index in [1.54, 1.807) is 11.8 Å². The molecule has 0 saturated carbocycles. The first-order chi connectivity index (χ1) is 9.47. The summed E-state index contributed by atoms with van der Waals surface area (Å²) in [5.41, 5.74) is 0.0477. The van der Waals surface area contributed by atoms with Crippen LogP contribution in [0.2, 0.25) is 0 Å². The first-order valence-electron chi connectivity index (χ1n) is 6.63. The third-order valence-corrected chi connectivity index (χ3v) is 5.15. The van der Waals surface area contributed by atoms with Gasteiger partial charge in [0.2, 0.25) is 0 Å². The lowest BCUT2D eigenvalue weighted by molar-refractivity contribution is -0.137. The highest BCUT2D eigenvalue weighted by molar-refractivity contribution is 7.99. The minimum Gasteiger partial charge on any atom is -0.350 e. The maximum atomic E-state index is 12.8. The van der Waals surface area contributed by atoms with Gasteiger partial charge in [-0.15, -0.1) is 0 Å². The van der Waals surface area contributed by atoms with Gasteiger partial charge in [0.05, 0.1) is 11.6 Å². The van der Waals surface area contributed by atoms with Crippen LogP contribution in [0.25, 0.3) is 0 Å². The average Bonchev–Trinajstić information content (AvgIpc) is 2.56. The quantitative estimate of drug-likeness (QED) is 0.797. The molecule has 1 aromatic heterocycles. The monoisotopic (exact) mass is 303 g/mol. The first kappa shape index (κ1) is 14.0. The Bertz CT molecular complexity index is 506. The molecule has 1 unspecified atom stereocenters. The number of piperazine rings is 1. The number of alkyl halides is 3. The molecule has 1 saturated heterocycles. The molecule has 0 amide bonds. The Morgan fingerprint density at radius 2 is 2.25 bits per heavy atom. The molecular formula is C13H16F3N3S. The van der Waals surface area contributed by atoms with Gasteiger partial charge in [-0.1, -0.05) is 0 Å². The normalized spacial score (nSPS) is 26.7. The summed E-state index contributed by atoms with van der Waals surface area (Å²) >= 11 is 1.70. The molecule has 0 spiro atoms. The third kappa shape index (κ3) is 2.48. The smallest absolute Gasteiger partial charge is 0.350 e. The van der Waals surface area contributed by atoms with E-state index in [-0.39, 0.29) is 5.25 Å². The van der Waals surface area contributed by atoms with E-state index >= 15 is 0 Å². The Labute approximate surface area is 119 Å². The van der Waals surface area contributed by atoms with E-state index in [9.17, 15) is 13.2 Å². The van der Waals surface area contributed by atoms with E-state index in [0.29, 0.717) is 11.6 Å². The van der Waals surface area contributed by atoms with E-state index in [4.69, 9.17) is 0 Å². The highest BCUT2D eigenvalue weighted by Gasteiger charge is 2.35. The molecule has 2 aliphatic heterocycles. The van der Waals surface area contributed by atoms with Crippen LogP contribution in [0.1, 0.15) is 23.3 Å². The topological polar surface area (TPSA) is 28.2 Å². The molecule has 1 aromatic rings. The van der Waals surface area contributed by atoms with Gasteiger partial charge >= 0.3 is 6.18 Å². The molecule has 0 aliphatic carbocycles. The number of pyridine rings is 1. The second-order valence-corrected chi connectivity index (χ2v) is 6.54. The van der Waals surface area contributed by atoms with Crippen molar-refractivity contribution in [2.45, 2.75) is 24.4 Å². The zero-order valence-electron chi connectivity index (χ0n) is 11.1. The predicted octanol–water partition coefficient (Wildman–Crippen LogP) is 2.69. The number of nitrogens with zero attached hydrogens (tertiary/aromatic N) is 2. The Morgan fingerprint density at radius 1 is 1.45 bits per heavy atom. The van der Waals surface area contributed by atoms with Gasteiger partial charge in [-0.3, -0.25) is 0 Å². The lowest BCUT2D eigenvalue weighted by Crippen LogP contribution is -2.52. The van der Waals surface area contributed by atoms with Crippen molar-refractivity contribution in [3.8, 4) is 0 Å². The number of rotatable bonds is 0. The van der Waals surface area contributed by atoms with Crippen molar-refractivity contribution in [1.82, 2.24) is 10.3 Å². The molecule has 110 valence electrons. The number of halogens is 3. The van der Waals surface area contributed by atoms with Crippen LogP contribution in [-0.2, 0) is 6.18 Å². The van der Waals surface area contributed by atoms with Gasteiger partial charge < -0.3 is 10.2 Å². The van der Waals surface area contributed by atoms with E-state index in [1.165, 1.54) is 6.07 Å². The number of hydrogen-bond acceptors (Lipinski definition) is 4. The van der Waals surface area contributed by atoms with E-state index in [2.05, 4.69) is 15.2 Å². The van der Waals surface area contributed by atoms with Crippen LogP contribution in [0.4, 0.5) is 19.0 Å². The molecule has 2 atom stereocenters. The van der Waals surface area contributed by atoms with Crippen LogP contribution >= 0.6 is 11.8 Å². The van der Waals surface area contributed by atoms with Crippen molar-refractivity contribution in [2.24, 2.45) is 0 Å². The molecule has 0 bridgehead atoms. The highest BCUT2D eigenvalue weighted by atomic mass is 32.2. The van der Waals surface area contributed by atoms with Crippen molar-refractivity contribution in [2.75, 3.05) is 30.3 Å². The van der Waals surface area contributed by atoms with E-state index < -0.39 is 11.7 Å². The largest absolute Gasteiger partial charge is 0.417 e. The molecule has 3 rings (SSSR count). The molecule has 7 heteroatoms. The van der Waals surface area contributed by atoms with Crippen molar-refractivity contribution < 1.29 is 13.2 Å². The fraction of sp³-hybridized carbons (Fsp3) is 0.615. The van der Waals surface area contributed by atoms with Gasteiger partial charge in [0.25, 0.3) is 0 Å². The Morgan fingerprint density at radius 3 is 3.00 bits per heavy atom. The van der Waals surface area contributed by atoms with Gasteiger partial charge in [-0.25, -0.2) is 4.98 Å². The summed E-state index contributed by atoms with van der Waals surface area (Å²) in [6, 6.07) is 1.58. The zero-order chi connectivity index (χ0) is 14.3. The summed E-state index contributed by atoms with van der Waals surface area (Å²) < 4.78 is 38.5. The number of hydrogen-bond donors (Lipinski definition) is 1. The summed E-state index contributed by atoms with van der Waals surface area (Å²) in [5.74, 6) is 1.63. The summed E-state index contributed by atoms with van der Waals surface area (Å²) in [6.45, 7) is 4.46. The van der Waals surface area contributed by atoms with Crippen LogP contribution in [0.15, 0.2) is 12.3 Å². The predicted molar refractivity (Wildman–Crippen MR) is 74.1 cm³/mol. The maximum absolute atomic E-state index is 12.8. The number of fused-ring (bicyclic) bond motifs is 3. The SMILES string of the molecule is CC1SC[C@H]2CNCCN2c2ncc(C(F)(F)F)cc21. The summed E-state index contributed by atoms with van der Waals surface area (Å²) in [5, 5.41) is 3.36. The molecule has 20 heavy (non-hydrogen) atoms. The molecule has 0 radical (unpaired) electrons.